The number of nitrogens with one attached hydrogen (secondary N) is 1. The van der Waals surface area contributed by atoms with E-state index in [1.54, 1.807) is 6.92 Å². The second-order valence-electron chi connectivity index (χ2n) is 6.79. The maximum atomic E-state index is 13.0. The molecule has 0 radical (unpaired) electrons. The Morgan fingerprint density at radius 1 is 1.17 bits per heavy atom. The molecule has 0 bridgehead atoms. The van der Waals surface area contributed by atoms with Crippen LogP contribution in [-0.4, -0.2) is 47.4 Å². The number of anilines is 1. The first-order chi connectivity index (χ1) is 14.1. The number of rotatable bonds is 6. The van der Waals surface area contributed by atoms with Gasteiger partial charge < -0.3 is 11.1 Å². The van der Waals surface area contributed by atoms with E-state index in [2.05, 4.69) is 10.4 Å². The Hall–Kier alpha value is -2.14. The van der Waals surface area contributed by atoms with E-state index >= 15 is 0 Å². The Morgan fingerprint density at radius 3 is 2.43 bits per heavy atom. The molecule has 162 valence electrons. The lowest BCUT2D eigenvalue weighted by Gasteiger charge is -2.26. The lowest BCUT2D eigenvalue weighted by atomic mass is 10.2. The van der Waals surface area contributed by atoms with Crippen molar-refractivity contribution in [2.75, 3.05) is 18.4 Å². The van der Waals surface area contributed by atoms with Crippen LogP contribution in [0.4, 0.5) is 5.69 Å². The summed E-state index contributed by atoms with van der Waals surface area (Å²) in [4.78, 5) is 24.3. The number of piperidine rings is 1. The molecule has 1 aromatic carbocycles. The Balaban J connectivity index is 1.97. The highest BCUT2D eigenvalue weighted by Gasteiger charge is 2.30. The highest BCUT2D eigenvalue weighted by atomic mass is 35.5. The van der Waals surface area contributed by atoms with Crippen molar-refractivity contribution in [2.24, 2.45) is 5.73 Å². The van der Waals surface area contributed by atoms with E-state index < -0.39 is 21.8 Å². The SMILES string of the molecule is CCn1cc(NC(=O)c2cc(S(=O)(=O)N3CCCCC3)c(Cl)cc2Cl)c(C(N)=O)n1. The normalized spacial score (nSPS) is 15.2. The van der Waals surface area contributed by atoms with Crippen LogP contribution in [0, 0.1) is 0 Å². The average molecular weight is 474 g/mol. The first kappa shape index (κ1) is 22.5. The maximum absolute atomic E-state index is 13.0. The van der Waals surface area contributed by atoms with Gasteiger partial charge in [-0.2, -0.15) is 9.40 Å². The Labute approximate surface area is 184 Å². The van der Waals surface area contributed by atoms with Crippen molar-refractivity contribution < 1.29 is 18.0 Å². The Bertz CT molecular complexity index is 1090. The molecule has 1 fully saturated rings. The molecule has 0 spiro atoms. The van der Waals surface area contributed by atoms with E-state index in [4.69, 9.17) is 28.9 Å². The average Bonchev–Trinajstić information content (AvgIpc) is 3.11. The molecule has 2 amide bonds. The van der Waals surface area contributed by atoms with Crippen molar-refractivity contribution in [2.45, 2.75) is 37.6 Å². The summed E-state index contributed by atoms with van der Waals surface area (Å²) >= 11 is 12.3. The zero-order chi connectivity index (χ0) is 22.1. The van der Waals surface area contributed by atoms with Gasteiger partial charge >= 0.3 is 0 Å². The largest absolute Gasteiger partial charge is 0.364 e. The Kier molecular flexibility index (Phi) is 6.71. The predicted molar refractivity (Wildman–Crippen MR) is 113 cm³/mol. The van der Waals surface area contributed by atoms with Crippen molar-refractivity contribution in [3.05, 3.63) is 39.6 Å². The molecule has 1 aliphatic rings. The number of hydrogen-bond donors (Lipinski definition) is 2. The van der Waals surface area contributed by atoms with Crippen molar-refractivity contribution in [3.8, 4) is 0 Å². The number of aromatic nitrogens is 2. The van der Waals surface area contributed by atoms with E-state index in [0.29, 0.717) is 19.6 Å². The third-order valence-electron chi connectivity index (χ3n) is 4.77. The summed E-state index contributed by atoms with van der Waals surface area (Å²) in [5, 5.41) is 6.42. The minimum absolute atomic E-state index is 0.0291. The molecular formula is C18H21Cl2N5O4S. The fourth-order valence-electron chi connectivity index (χ4n) is 3.19. The molecule has 12 heteroatoms. The van der Waals surface area contributed by atoms with Crippen molar-refractivity contribution in [1.29, 1.82) is 0 Å². The number of nitrogens with two attached hydrogens (primary N) is 1. The Morgan fingerprint density at radius 2 is 1.83 bits per heavy atom. The van der Waals surface area contributed by atoms with Crippen molar-refractivity contribution >= 4 is 50.7 Å². The zero-order valence-corrected chi connectivity index (χ0v) is 18.5. The minimum Gasteiger partial charge on any atom is -0.364 e. The van der Waals surface area contributed by atoms with Crippen molar-refractivity contribution in [3.63, 3.8) is 0 Å². The molecular weight excluding hydrogens is 453 g/mol. The quantitative estimate of drug-likeness (QED) is 0.666. The fourth-order valence-corrected chi connectivity index (χ4v) is 5.54. The van der Waals surface area contributed by atoms with Crippen LogP contribution in [0.1, 0.15) is 47.0 Å². The summed E-state index contributed by atoms with van der Waals surface area (Å²) < 4.78 is 28.8. The summed E-state index contributed by atoms with van der Waals surface area (Å²) in [6.07, 6.45) is 3.93. The van der Waals surface area contributed by atoms with Gasteiger partial charge in [0.1, 0.15) is 4.90 Å². The van der Waals surface area contributed by atoms with Gasteiger partial charge in [0.25, 0.3) is 11.8 Å². The minimum atomic E-state index is -3.89. The number of primary amides is 1. The van der Waals surface area contributed by atoms with Gasteiger partial charge in [-0.3, -0.25) is 14.3 Å². The van der Waals surface area contributed by atoms with Crippen LogP contribution in [0.5, 0.6) is 0 Å². The van der Waals surface area contributed by atoms with Gasteiger partial charge in [-0.15, -0.1) is 0 Å². The van der Waals surface area contributed by atoms with Crippen LogP contribution in [0.2, 0.25) is 10.0 Å². The van der Waals surface area contributed by atoms with Crippen LogP contribution in [0.15, 0.2) is 23.2 Å². The zero-order valence-electron chi connectivity index (χ0n) is 16.2. The predicted octanol–water partition coefficient (Wildman–Crippen LogP) is 2.74. The summed E-state index contributed by atoms with van der Waals surface area (Å²) in [6, 6.07) is 2.37. The molecule has 2 heterocycles. The molecule has 0 unspecified atom stereocenters. The smallest absolute Gasteiger partial charge is 0.271 e. The van der Waals surface area contributed by atoms with E-state index in [1.807, 2.05) is 0 Å². The van der Waals surface area contributed by atoms with Gasteiger partial charge in [0.2, 0.25) is 10.0 Å². The number of halogens is 2. The summed E-state index contributed by atoms with van der Waals surface area (Å²) in [6.45, 7) is 3.04. The lowest BCUT2D eigenvalue weighted by molar-refractivity contribution is 0.0995. The van der Waals surface area contributed by atoms with E-state index in [0.717, 1.165) is 25.3 Å². The molecule has 3 N–H and O–H groups in total. The molecule has 0 aliphatic carbocycles. The van der Waals surface area contributed by atoms with Crippen LogP contribution >= 0.6 is 23.2 Å². The van der Waals surface area contributed by atoms with Crippen LogP contribution < -0.4 is 11.1 Å². The lowest BCUT2D eigenvalue weighted by Crippen LogP contribution is -2.35. The molecule has 1 aromatic heterocycles. The summed E-state index contributed by atoms with van der Waals surface area (Å²) in [7, 11) is -3.89. The third-order valence-corrected chi connectivity index (χ3v) is 7.44. The molecule has 1 aliphatic heterocycles. The monoisotopic (exact) mass is 473 g/mol. The molecule has 3 rings (SSSR count). The number of aryl methyl sites for hydroxylation is 1. The number of nitrogens with zero attached hydrogens (tertiary/aromatic N) is 3. The first-order valence-corrected chi connectivity index (χ1v) is 11.5. The van der Waals surface area contributed by atoms with Gasteiger partial charge in [-0.1, -0.05) is 29.6 Å². The maximum Gasteiger partial charge on any atom is 0.271 e. The van der Waals surface area contributed by atoms with Gasteiger partial charge in [0, 0.05) is 25.8 Å². The van der Waals surface area contributed by atoms with E-state index in [1.165, 1.54) is 21.3 Å². The van der Waals surface area contributed by atoms with Crippen LogP contribution in [0.25, 0.3) is 0 Å². The number of benzene rings is 1. The first-order valence-electron chi connectivity index (χ1n) is 9.33. The molecule has 0 atom stereocenters. The summed E-state index contributed by atoms with van der Waals surface area (Å²) in [5.74, 6) is -1.53. The van der Waals surface area contributed by atoms with Gasteiger partial charge in [0.15, 0.2) is 5.69 Å². The van der Waals surface area contributed by atoms with E-state index in [9.17, 15) is 18.0 Å². The van der Waals surface area contributed by atoms with E-state index in [-0.39, 0.29) is 31.9 Å². The topological polar surface area (TPSA) is 127 Å². The number of carbonyl (C=O) groups excluding carboxylic acids is 2. The van der Waals surface area contributed by atoms with Gasteiger partial charge in [-0.25, -0.2) is 8.42 Å². The fraction of sp³-hybridized carbons (Fsp3) is 0.389. The molecule has 0 saturated carbocycles. The van der Waals surface area contributed by atoms with Crippen LogP contribution in [-0.2, 0) is 16.6 Å². The number of amides is 2. The molecule has 2 aromatic rings. The van der Waals surface area contributed by atoms with Gasteiger partial charge in [-0.05, 0) is 31.9 Å². The third kappa shape index (κ3) is 4.46. The van der Waals surface area contributed by atoms with Crippen molar-refractivity contribution in [1.82, 2.24) is 14.1 Å². The highest BCUT2D eigenvalue weighted by Crippen LogP contribution is 2.32. The van der Waals surface area contributed by atoms with Crippen LogP contribution in [0.3, 0.4) is 0 Å². The molecule has 30 heavy (non-hydrogen) atoms. The van der Waals surface area contributed by atoms with Gasteiger partial charge in [0.05, 0.1) is 21.3 Å². The molecule has 9 nitrogen and oxygen atoms in total. The second-order valence-corrected chi connectivity index (χ2v) is 9.51. The standard InChI is InChI=1S/C18H21Cl2N5O4S/c1-2-24-10-14(16(23-24)17(21)26)22-18(27)11-8-15(13(20)9-12(11)19)30(28,29)25-6-4-3-5-7-25/h8-10H,2-7H2,1H3,(H2,21,26)(H,22,27). The number of carbonyl (C=O) groups is 2. The summed E-state index contributed by atoms with van der Waals surface area (Å²) in [5.41, 5.74) is 5.20. The number of hydrogen-bond acceptors (Lipinski definition) is 5. The molecule has 1 saturated heterocycles. The second kappa shape index (κ2) is 8.93. The highest BCUT2D eigenvalue weighted by molar-refractivity contribution is 7.89. The number of sulfonamides is 1.